The molecule has 0 aromatic carbocycles. The highest BCUT2D eigenvalue weighted by molar-refractivity contribution is 5.61. The van der Waals surface area contributed by atoms with Crippen LogP contribution in [0.3, 0.4) is 0 Å². The number of aliphatic hydroxyl groups is 1. The first-order chi connectivity index (χ1) is 8.13. The number of anilines is 1. The van der Waals surface area contributed by atoms with E-state index in [9.17, 15) is 5.26 Å². The fraction of sp³-hybridized carbons (Fsp3) is 0.538. The molecule has 92 valence electrons. The lowest BCUT2D eigenvalue weighted by Gasteiger charge is -2.24. The summed E-state index contributed by atoms with van der Waals surface area (Å²) in [5, 5.41) is 18.1. The summed E-state index contributed by atoms with van der Waals surface area (Å²) in [5.74, 6) is 0. The molecule has 0 aliphatic carbocycles. The van der Waals surface area contributed by atoms with Gasteiger partial charge in [-0.05, 0) is 33.3 Å². The Bertz CT molecular complexity index is 423. The van der Waals surface area contributed by atoms with Gasteiger partial charge in [-0.15, -0.1) is 0 Å². The summed E-state index contributed by atoms with van der Waals surface area (Å²) in [6, 6.07) is 4.15. The fourth-order valence-electron chi connectivity index (χ4n) is 1.91. The molecule has 0 fully saturated rings. The van der Waals surface area contributed by atoms with Gasteiger partial charge < -0.3 is 10.0 Å². The van der Waals surface area contributed by atoms with Crippen molar-refractivity contribution in [1.29, 1.82) is 5.26 Å². The molecule has 0 unspecified atom stereocenters. The molecule has 0 aliphatic heterocycles. The lowest BCUT2D eigenvalue weighted by molar-refractivity contribution is 0.289. The highest BCUT2D eigenvalue weighted by Crippen LogP contribution is 2.23. The van der Waals surface area contributed by atoms with E-state index >= 15 is 0 Å². The van der Waals surface area contributed by atoms with E-state index in [1.165, 1.54) is 0 Å². The Morgan fingerprint density at radius 1 is 1.47 bits per heavy atom. The second-order valence-corrected chi connectivity index (χ2v) is 4.01. The van der Waals surface area contributed by atoms with Crippen LogP contribution in [0.4, 0.5) is 5.69 Å². The predicted molar refractivity (Wildman–Crippen MR) is 68.0 cm³/mol. The Labute approximate surface area is 103 Å². The highest BCUT2D eigenvalue weighted by Gasteiger charge is 2.13. The first-order valence-electron chi connectivity index (χ1n) is 5.88. The molecule has 1 N–H and O–H groups in total. The number of hydrogen-bond acceptors (Lipinski definition) is 4. The van der Waals surface area contributed by atoms with Crippen LogP contribution in [-0.2, 0) is 0 Å². The maximum absolute atomic E-state index is 9.19. The second kappa shape index (κ2) is 6.21. The van der Waals surface area contributed by atoms with Crippen LogP contribution >= 0.6 is 0 Å². The van der Waals surface area contributed by atoms with Gasteiger partial charge in [-0.1, -0.05) is 0 Å². The normalized spacial score (nSPS) is 10.1. The van der Waals surface area contributed by atoms with Gasteiger partial charge in [0.25, 0.3) is 0 Å². The quantitative estimate of drug-likeness (QED) is 0.842. The summed E-state index contributed by atoms with van der Waals surface area (Å²) in [5.41, 5.74) is 3.24. The maximum Gasteiger partial charge on any atom is 0.103 e. The largest absolute Gasteiger partial charge is 0.396 e. The third kappa shape index (κ3) is 3.18. The molecule has 0 spiro atoms. The Balaban J connectivity index is 3.13. The minimum atomic E-state index is 0.168. The van der Waals surface area contributed by atoms with Crippen molar-refractivity contribution in [2.45, 2.75) is 27.2 Å². The van der Waals surface area contributed by atoms with Crippen LogP contribution in [0.5, 0.6) is 0 Å². The molecule has 0 radical (unpaired) electrons. The van der Waals surface area contributed by atoms with E-state index in [2.05, 4.69) is 16.0 Å². The smallest absolute Gasteiger partial charge is 0.103 e. The van der Waals surface area contributed by atoms with Crippen LogP contribution in [0.1, 0.15) is 30.3 Å². The third-order valence-electron chi connectivity index (χ3n) is 2.73. The van der Waals surface area contributed by atoms with Gasteiger partial charge in [0.05, 0.1) is 16.9 Å². The van der Waals surface area contributed by atoms with Gasteiger partial charge in [0.15, 0.2) is 0 Å². The molecular weight excluding hydrogens is 214 g/mol. The molecule has 1 rings (SSSR count). The van der Waals surface area contributed by atoms with Crippen LogP contribution in [0.25, 0.3) is 0 Å². The number of pyridine rings is 1. The molecule has 1 heterocycles. The minimum absolute atomic E-state index is 0.168. The van der Waals surface area contributed by atoms with Crippen LogP contribution in [0.15, 0.2) is 6.07 Å². The molecule has 1 aromatic heterocycles. The summed E-state index contributed by atoms with van der Waals surface area (Å²) >= 11 is 0. The summed E-state index contributed by atoms with van der Waals surface area (Å²) in [4.78, 5) is 6.41. The van der Waals surface area contributed by atoms with Gasteiger partial charge >= 0.3 is 0 Å². The first kappa shape index (κ1) is 13.5. The maximum atomic E-state index is 9.19. The van der Waals surface area contributed by atoms with E-state index < -0.39 is 0 Å². The van der Waals surface area contributed by atoms with Crippen LogP contribution in [0, 0.1) is 25.2 Å². The summed E-state index contributed by atoms with van der Waals surface area (Å²) in [6.45, 7) is 7.57. The molecule has 0 amide bonds. The number of nitriles is 1. The Morgan fingerprint density at radius 2 is 2.18 bits per heavy atom. The summed E-state index contributed by atoms with van der Waals surface area (Å²) < 4.78 is 0. The molecule has 4 nitrogen and oxygen atoms in total. The van der Waals surface area contributed by atoms with Crippen molar-refractivity contribution in [3.05, 3.63) is 23.0 Å². The lowest BCUT2D eigenvalue weighted by atomic mass is 10.1. The fourth-order valence-corrected chi connectivity index (χ4v) is 1.91. The predicted octanol–water partition coefficient (Wildman–Crippen LogP) is 1.78. The van der Waals surface area contributed by atoms with Crippen molar-refractivity contribution in [3.63, 3.8) is 0 Å². The Kier molecular flexibility index (Phi) is 4.92. The van der Waals surface area contributed by atoms with Gasteiger partial charge in [-0.25, -0.2) is 0 Å². The van der Waals surface area contributed by atoms with Gasteiger partial charge in [-0.2, -0.15) is 5.26 Å². The van der Waals surface area contributed by atoms with Crippen molar-refractivity contribution in [3.8, 4) is 6.07 Å². The SMILES string of the molecule is CCN(CCCO)c1cc(C)nc(C)c1C#N. The van der Waals surface area contributed by atoms with Crippen molar-refractivity contribution >= 4 is 5.69 Å². The number of aromatic nitrogens is 1. The zero-order valence-corrected chi connectivity index (χ0v) is 10.7. The van der Waals surface area contributed by atoms with Gasteiger partial charge in [0.2, 0.25) is 0 Å². The zero-order chi connectivity index (χ0) is 12.8. The van der Waals surface area contributed by atoms with Gasteiger partial charge in [0.1, 0.15) is 6.07 Å². The van der Waals surface area contributed by atoms with E-state index in [0.717, 1.165) is 30.2 Å². The van der Waals surface area contributed by atoms with Crippen molar-refractivity contribution in [2.24, 2.45) is 0 Å². The van der Waals surface area contributed by atoms with Crippen LogP contribution in [-0.4, -0.2) is 29.8 Å². The molecule has 4 heteroatoms. The number of nitrogens with zero attached hydrogens (tertiary/aromatic N) is 3. The Hall–Kier alpha value is -1.60. The number of aryl methyl sites for hydroxylation is 2. The first-order valence-corrected chi connectivity index (χ1v) is 5.88. The minimum Gasteiger partial charge on any atom is -0.396 e. The molecule has 0 saturated carbocycles. The van der Waals surface area contributed by atoms with E-state index in [1.54, 1.807) is 0 Å². The lowest BCUT2D eigenvalue weighted by Crippen LogP contribution is -2.26. The van der Waals surface area contributed by atoms with Gasteiger partial charge in [0, 0.05) is 25.4 Å². The number of aliphatic hydroxyl groups excluding tert-OH is 1. The molecular formula is C13H19N3O. The third-order valence-corrected chi connectivity index (χ3v) is 2.73. The average Bonchev–Trinajstić information content (AvgIpc) is 2.29. The van der Waals surface area contributed by atoms with Crippen molar-refractivity contribution < 1.29 is 5.11 Å². The molecule has 0 saturated heterocycles. The highest BCUT2D eigenvalue weighted by atomic mass is 16.3. The van der Waals surface area contributed by atoms with Crippen LogP contribution < -0.4 is 4.90 Å². The van der Waals surface area contributed by atoms with Crippen molar-refractivity contribution in [2.75, 3.05) is 24.6 Å². The van der Waals surface area contributed by atoms with E-state index in [-0.39, 0.29) is 6.61 Å². The second-order valence-electron chi connectivity index (χ2n) is 4.01. The monoisotopic (exact) mass is 233 g/mol. The van der Waals surface area contributed by atoms with E-state index in [4.69, 9.17) is 5.11 Å². The molecule has 17 heavy (non-hydrogen) atoms. The number of rotatable bonds is 5. The summed E-state index contributed by atoms with van der Waals surface area (Å²) in [7, 11) is 0. The summed E-state index contributed by atoms with van der Waals surface area (Å²) in [6.07, 6.45) is 0.707. The van der Waals surface area contributed by atoms with Crippen LogP contribution in [0.2, 0.25) is 0 Å². The van der Waals surface area contributed by atoms with E-state index in [0.29, 0.717) is 12.0 Å². The Morgan fingerprint density at radius 3 is 2.71 bits per heavy atom. The zero-order valence-electron chi connectivity index (χ0n) is 10.7. The standard InChI is InChI=1S/C13H19N3O/c1-4-16(6-5-7-17)13-8-10(2)15-11(3)12(13)9-14/h8,17H,4-7H2,1-3H3. The molecule has 0 aliphatic rings. The molecule has 1 aromatic rings. The molecule has 0 bridgehead atoms. The average molecular weight is 233 g/mol. The topological polar surface area (TPSA) is 60.1 Å². The molecule has 0 atom stereocenters. The van der Waals surface area contributed by atoms with Crippen molar-refractivity contribution in [1.82, 2.24) is 4.98 Å². The van der Waals surface area contributed by atoms with E-state index in [1.807, 2.05) is 26.8 Å². The van der Waals surface area contributed by atoms with Gasteiger partial charge in [-0.3, -0.25) is 4.98 Å². The number of hydrogen-bond donors (Lipinski definition) is 1.